The number of nitrogens with zero attached hydrogens (tertiary/aromatic N) is 1. The van der Waals surface area contributed by atoms with E-state index < -0.39 is 23.6 Å². The van der Waals surface area contributed by atoms with E-state index in [0.29, 0.717) is 17.0 Å². The summed E-state index contributed by atoms with van der Waals surface area (Å²) in [6.45, 7) is 0. The maximum absolute atomic E-state index is 14.6. The molecule has 11 heteroatoms. The first-order valence-corrected chi connectivity index (χ1v) is 9.58. The van der Waals surface area contributed by atoms with Gasteiger partial charge in [0.05, 0.1) is 34.7 Å². The van der Waals surface area contributed by atoms with Crippen molar-refractivity contribution >= 4 is 23.8 Å². The molecule has 1 unspecified atom stereocenters. The summed E-state index contributed by atoms with van der Waals surface area (Å²) >= 11 is 0. The Labute approximate surface area is 189 Å². The Balaban J connectivity index is 1.93. The lowest BCUT2D eigenvalue weighted by molar-refractivity contribution is 0.0587. The Hall–Kier alpha value is -4.12. The van der Waals surface area contributed by atoms with Crippen LogP contribution in [0.15, 0.2) is 53.0 Å². The Morgan fingerprint density at radius 2 is 1.55 bits per heavy atom. The molecule has 2 aromatic rings. The maximum Gasteiger partial charge on any atom is 0.341 e. The number of carbonyl (C=O) groups is 2. The molecule has 0 aromatic heterocycles. The fraction of sp³-hybridized carbons (Fsp3) is 0.227. The highest BCUT2D eigenvalue weighted by Gasteiger charge is 2.33. The number of carbonyl (C=O) groups excluding carboxylic acids is 2. The fourth-order valence-corrected chi connectivity index (χ4v) is 3.16. The molecule has 0 saturated carbocycles. The van der Waals surface area contributed by atoms with Crippen LogP contribution in [-0.2, 0) is 15.3 Å². The standard InChI is InChI=1S/C22H23FN4O6/c1-30-17-7-5-12(9-14(17)20(28)32-3)22(24)25-11-16(23)19(27-22)26-13-6-8-18(31-2)15(10-13)21(29)33-4/h5-11,26-27H,24H2,1-4H3. The van der Waals surface area contributed by atoms with Crippen molar-refractivity contribution in [2.45, 2.75) is 5.79 Å². The van der Waals surface area contributed by atoms with E-state index in [1.807, 2.05) is 0 Å². The third-order valence-corrected chi connectivity index (χ3v) is 4.85. The zero-order valence-electron chi connectivity index (χ0n) is 18.4. The summed E-state index contributed by atoms with van der Waals surface area (Å²) in [4.78, 5) is 28.2. The van der Waals surface area contributed by atoms with Crippen molar-refractivity contribution in [3.63, 3.8) is 0 Å². The van der Waals surface area contributed by atoms with Crippen molar-refractivity contribution in [2.75, 3.05) is 33.8 Å². The van der Waals surface area contributed by atoms with Crippen LogP contribution in [0.5, 0.6) is 11.5 Å². The predicted octanol–water partition coefficient (Wildman–Crippen LogP) is 2.27. The van der Waals surface area contributed by atoms with E-state index in [4.69, 9.17) is 24.7 Å². The maximum atomic E-state index is 14.6. The average Bonchev–Trinajstić information content (AvgIpc) is 2.84. The summed E-state index contributed by atoms with van der Waals surface area (Å²) in [6.07, 6.45) is 0.950. The SMILES string of the molecule is COC(=O)c1cc(NC2=C(F)C=NC(N)(c3ccc(OC)c(C(=O)OC)c3)N2)ccc1OC. The minimum Gasteiger partial charge on any atom is -0.496 e. The van der Waals surface area contributed by atoms with Gasteiger partial charge < -0.3 is 29.6 Å². The van der Waals surface area contributed by atoms with Crippen LogP contribution in [0.1, 0.15) is 26.3 Å². The largest absolute Gasteiger partial charge is 0.496 e. The van der Waals surface area contributed by atoms with Crippen molar-refractivity contribution in [2.24, 2.45) is 10.7 Å². The molecule has 4 N–H and O–H groups in total. The molecular formula is C22H23FN4O6. The highest BCUT2D eigenvalue weighted by atomic mass is 19.1. The van der Waals surface area contributed by atoms with Crippen molar-refractivity contribution in [1.29, 1.82) is 0 Å². The molecule has 1 aliphatic rings. The molecule has 0 radical (unpaired) electrons. The second kappa shape index (κ2) is 9.57. The van der Waals surface area contributed by atoms with Gasteiger partial charge in [0.2, 0.25) is 5.79 Å². The lowest BCUT2D eigenvalue weighted by Gasteiger charge is -2.32. The molecule has 10 nitrogen and oxygen atoms in total. The minimum absolute atomic E-state index is 0.107. The van der Waals surface area contributed by atoms with Crippen LogP contribution in [0.25, 0.3) is 0 Å². The molecule has 174 valence electrons. The van der Waals surface area contributed by atoms with E-state index in [1.54, 1.807) is 12.1 Å². The molecule has 2 aromatic carbocycles. The molecule has 33 heavy (non-hydrogen) atoms. The van der Waals surface area contributed by atoms with Crippen LogP contribution in [0, 0.1) is 0 Å². The van der Waals surface area contributed by atoms with Crippen LogP contribution in [-0.4, -0.2) is 46.6 Å². The van der Waals surface area contributed by atoms with Gasteiger partial charge in [0, 0.05) is 11.3 Å². The van der Waals surface area contributed by atoms with Crippen LogP contribution in [0.3, 0.4) is 0 Å². The number of aliphatic imine (C=N–C) groups is 1. The van der Waals surface area contributed by atoms with E-state index in [9.17, 15) is 14.0 Å². The summed E-state index contributed by atoms with van der Waals surface area (Å²) in [6, 6.07) is 9.12. The summed E-state index contributed by atoms with van der Waals surface area (Å²) in [5.41, 5.74) is 7.37. The number of hydrogen-bond acceptors (Lipinski definition) is 10. The monoisotopic (exact) mass is 458 g/mol. The molecular weight excluding hydrogens is 435 g/mol. The van der Waals surface area contributed by atoms with Crippen molar-refractivity contribution in [1.82, 2.24) is 5.32 Å². The zero-order valence-corrected chi connectivity index (χ0v) is 18.4. The summed E-state index contributed by atoms with van der Waals surface area (Å²) in [5, 5.41) is 5.63. The van der Waals surface area contributed by atoms with Crippen molar-refractivity contribution < 1.29 is 32.9 Å². The van der Waals surface area contributed by atoms with Crippen molar-refractivity contribution in [3.8, 4) is 11.5 Å². The molecule has 0 saturated heterocycles. The smallest absolute Gasteiger partial charge is 0.341 e. The number of methoxy groups -OCH3 is 4. The normalized spacial score (nSPS) is 17.2. The second-order valence-corrected chi connectivity index (χ2v) is 6.81. The number of benzene rings is 2. The number of allylic oxidation sites excluding steroid dienone is 1. The predicted molar refractivity (Wildman–Crippen MR) is 118 cm³/mol. The lowest BCUT2D eigenvalue weighted by Crippen LogP contribution is -2.51. The van der Waals surface area contributed by atoms with Gasteiger partial charge in [-0.1, -0.05) is 0 Å². The molecule has 1 aliphatic heterocycles. The summed E-state index contributed by atoms with van der Waals surface area (Å²) < 4.78 is 34.5. The number of nitrogens with one attached hydrogen (secondary N) is 2. The van der Waals surface area contributed by atoms with Gasteiger partial charge in [0.1, 0.15) is 28.4 Å². The number of rotatable bonds is 7. The number of anilines is 1. The van der Waals surface area contributed by atoms with Gasteiger partial charge in [-0.2, -0.15) is 0 Å². The Kier molecular flexibility index (Phi) is 6.83. The number of esters is 2. The van der Waals surface area contributed by atoms with E-state index in [0.717, 1.165) is 6.21 Å². The minimum atomic E-state index is -1.62. The summed E-state index contributed by atoms with van der Waals surface area (Å²) in [5.74, 6) is -3.14. The van der Waals surface area contributed by atoms with Gasteiger partial charge in [-0.25, -0.2) is 19.0 Å². The highest BCUT2D eigenvalue weighted by molar-refractivity contribution is 5.94. The van der Waals surface area contributed by atoms with E-state index in [-0.39, 0.29) is 22.7 Å². The second-order valence-electron chi connectivity index (χ2n) is 6.81. The van der Waals surface area contributed by atoms with Crippen LogP contribution in [0.4, 0.5) is 10.1 Å². The third kappa shape index (κ3) is 4.72. The number of ether oxygens (including phenoxy) is 4. The Morgan fingerprint density at radius 3 is 2.12 bits per heavy atom. The first-order chi connectivity index (χ1) is 15.8. The van der Waals surface area contributed by atoms with Gasteiger partial charge >= 0.3 is 11.9 Å². The molecule has 0 amide bonds. The first kappa shape index (κ1) is 23.5. The fourth-order valence-electron chi connectivity index (χ4n) is 3.16. The van der Waals surface area contributed by atoms with Gasteiger partial charge in [-0.05, 0) is 36.4 Å². The molecule has 1 atom stereocenters. The van der Waals surface area contributed by atoms with Crippen molar-refractivity contribution in [3.05, 3.63) is 64.7 Å². The molecule has 0 fully saturated rings. The van der Waals surface area contributed by atoms with E-state index >= 15 is 0 Å². The number of halogens is 1. The first-order valence-electron chi connectivity index (χ1n) is 9.58. The van der Waals surface area contributed by atoms with Gasteiger partial charge in [-0.15, -0.1) is 0 Å². The molecule has 0 bridgehead atoms. The van der Waals surface area contributed by atoms with Gasteiger partial charge in [-0.3, -0.25) is 5.73 Å². The number of nitrogens with two attached hydrogens (primary N) is 1. The van der Waals surface area contributed by atoms with Crippen LogP contribution < -0.4 is 25.8 Å². The van der Waals surface area contributed by atoms with Crippen LogP contribution in [0.2, 0.25) is 0 Å². The quantitative estimate of drug-likeness (QED) is 0.534. The topological polar surface area (TPSA) is 134 Å². The average molecular weight is 458 g/mol. The zero-order chi connectivity index (χ0) is 24.2. The number of hydrogen-bond donors (Lipinski definition) is 3. The highest BCUT2D eigenvalue weighted by Crippen LogP contribution is 2.30. The molecule has 3 rings (SSSR count). The lowest BCUT2D eigenvalue weighted by atomic mass is 10.0. The summed E-state index contributed by atoms with van der Waals surface area (Å²) in [7, 11) is 5.30. The van der Waals surface area contributed by atoms with Crippen LogP contribution >= 0.6 is 0 Å². The van der Waals surface area contributed by atoms with Gasteiger partial charge in [0.25, 0.3) is 0 Å². The van der Waals surface area contributed by atoms with E-state index in [2.05, 4.69) is 15.6 Å². The Bertz CT molecular complexity index is 1150. The molecule has 0 spiro atoms. The molecule has 1 heterocycles. The molecule has 0 aliphatic carbocycles. The third-order valence-electron chi connectivity index (χ3n) is 4.85. The van der Waals surface area contributed by atoms with E-state index in [1.165, 1.54) is 52.7 Å². The Morgan fingerprint density at radius 1 is 0.970 bits per heavy atom. The van der Waals surface area contributed by atoms with Gasteiger partial charge in [0.15, 0.2) is 5.83 Å².